The van der Waals surface area contributed by atoms with E-state index in [0.717, 1.165) is 5.56 Å². The van der Waals surface area contributed by atoms with Crippen LogP contribution in [-0.2, 0) is 25.7 Å². The van der Waals surface area contributed by atoms with E-state index in [0.29, 0.717) is 0 Å². The Labute approximate surface area is 111 Å². The molecule has 1 aromatic carbocycles. The van der Waals surface area contributed by atoms with Crippen LogP contribution in [0.4, 0.5) is 0 Å². The van der Waals surface area contributed by atoms with Crippen molar-refractivity contribution in [3.63, 3.8) is 0 Å². The molecular weight excluding hydrogens is 256 g/mol. The molecule has 0 bridgehead atoms. The van der Waals surface area contributed by atoms with E-state index >= 15 is 0 Å². The minimum atomic E-state index is -1.77. The second kappa shape index (κ2) is 6.52. The van der Waals surface area contributed by atoms with E-state index in [4.69, 9.17) is 21.1 Å². The van der Waals surface area contributed by atoms with Gasteiger partial charge in [0.1, 0.15) is 0 Å². The van der Waals surface area contributed by atoms with E-state index in [9.17, 15) is 9.59 Å². The lowest BCUT2D eigenvalue weighted by molar-refractivity contribution is -0.173. The number of esters is 1. The fourth-order valence-electron chi connectivity index (χ4n) is 1.27. The van der Waals surface area contributed by atoms with Crippen LogP contribution < -0.4 is 0 Å². The molecule has 0 radical (unpaired) electrons. The topological polar surface area (TPSA) is 52.6 Å². The molecule has 0 N–H and O–H groups in total. The number of ether oxygens (including phenoxy) is 2. The molecule has 5 heteroatoms. The molecule has 0 aromatic heterocycles. The van der Waals surface area contributed by atoms with Gasteiger partial charge in [-0.15, -0.1) is 0 Å². The Kier molecular flexibility index (Phi) is 5.31. The Morgan fingerprint density at radius 1 is 1.28 bits per heavy atom. The van der Waals surface area contributed by atoms with Crippen LogP contribution in [-0.4, -0.2) is 23.4 Å². The second-order valence-corrected chi connectivity index (χ2v) is 4.14. The van der Waals surface area contributed by atoms with Crippen LogP contribution in [0.25, 0.3) is 0 Å². The minimum Gasteiger partial charge on any atom is -0.463 e. The molecule has 1 aromatic rings. The van der Waals surface area contributed by atoms with Crippen LogP contribution in [0.3, 0.4) is 0 Å². The van der Waals surface area contributed by atoms with Crippen LogP contribution in [0.2, 0.25) is 0 Å². The summed E-state index contributed by atoms with van der Waals surface area (Å²) in [6.45, 7) is 3.22. The highest BCUT2D eigenvalue weighted by Crippen LogP contribution is 2.19. The highest BCUT2D eigenvalue weighted by Gasteiger charge is 2.43. The van der Waals surface area contributed by atoms with Gasteiger partial charge in [-0.2, -0.15) is 0 Å². The molecule has 4 nitrogen and oxygen atoms in total. The highest BCUT2D eigenvalue weighted by molar-refractivity contribution is 6.67. The third-order valence-electron chi connectivity index (χ3n) is 2.41. The lowest BCUT2D eigenvalue weighted by atomic mass is 10.1. The van der Waals surface area contributed by atoms with Crippen molar-refractivity contribution >= 4 is 22.8 Å². The quantitative estimate of drug-likeness (QED) is 0.452. The van der Waals surface area contributed by atoms with Gasteiger partial charge in [0.15, 0.2) is 0 Å². The SMILES string of the molecule is CCOC(=O)[C@](C)(OCc1ccccc1)C(=O)Cl. The summed E-state index contributed by atoms with van der Waals surface area (Å²) in [5, 5.41) is -0.892. The Balaban J connectivity index is 2.75. The lowest BCUT2D eigenvalue weighted by Gasteiger charge is -2.23. The van der Waals surface area contributed by atoms with Gasteiger partial charge in [-0.1, -0.05) is 30.3 Å². The average molecular weight is 271 g/mol. The van der Waals surface area contributed by atoms with Gasteiger partial charge in [-0.25, -0.2) is 4.79 Å². The van der Waals surface area contributed by atoms with Crippen molar-refractivity contribution in [3.8, 4) is 0 Å². The summed E-state index contributed by atoms with van der Waals surface area (Å²) in [6, 6.07) is 9.18. The first-order chi connectivity index (χ1) is 8.50. The van der Waals surface area contributed by atoms with Crippen LogP contribution >= 0.6 is 11.6 Å². The molecular formula is C13H15ClO4. The largest absolute Gasteiger partial charge is 0.463 e. The molecule has 0 saturated carbocycles. The molecule has 0 spiro atoms. The molecule has 0 unspecified atom stereocenters. The molecule has 0 aliphatic heterocycles. The maximum atomic E-state index is 11.7. The summed E-state index contributed by atoms with van der Waals surface area (Å²) in [4.78, 5) is 23.0. The average Bonchev–Trinajstić information content (AvgIpc) is 2.37. The number of hydrogen-bond donors (Lipinski definition) is 0. The molecule has 98 valence electrons. The summed E-state index contributed by atoms with van der Waals surface area (Å²) in [5.41, 5.74) is -0.932. The van der Waals surface area contributed by atoms with Crippen molar-refractivity contribution in [2.24, 2.45) is 0 Å². The maximum absolute atomic E-state index is 11.7. The van der Waals surface area contributed by atoms with E-state index in [1.165, 1.54) is 6.92 Å². The van der Waals surface area contributed by atoms with E-state index < -0.39 is 16.8 Å². The zero-order chi connectivity index (χ0) is 13.6. The lowest BCUT2D eigenvalue weighted by Crippen LogP contribution is -2.45. The van der Waals surface area contributed by atoms with Gasteiger partial charge >= 0.3 is 5.97 Å². The smallest absolute Gasteiger partial charge is 0.347 e. The van der Waals surface area contributed by atoms with Crippen molar-refractivity contribution < 1.29 is 19.1 Å². The van der Waals surface area contributed by atoms with Crippen molar-refractivity contribution in [2.75, 3.05) is 6.61 Å². The molecule has 0 aliphatic rings. The van der Waals surface area contributed by atoms with Crippen molar-refractivity contribution in [1.82, 2.24) is 0 Å². The molecule has 18 heavy (non-hydrogen) atoms. The highest BCUT2D eigenvalue weighted by atomic mass is 35.5. The van der Waals surface area contributed by atoms with Gasteiger partial charge in [0.25, 0.3) is 5.24 Å². The van der Waals surface area contributed by atoms with E-state index in [1.807, 2.05) is 30.3 Å². The van der Waals surface area contributed by atoms with Gasteiger partial charge < -0.3 is 9.47 Å². The molecule has 0 aliphatic carbocycles. The fourth-order valence-corrected chi connectivity index (χ4v) is 1.40. The van der Waals surface area contributed by atoms with Crippen molar-refractivity contribution in [2.45, 2.75) is 26.1 Å². The molecule has 1 atom stereocenters. The van der Waals surface area contributed by atoms with Crippen LogP contribution in [0.5, 0.6) is 0 Å². The first kappa shape index (κ1) is 14.7. The van der Waals surface area contributed by atoms with E-state index in [2.05, 4.69) is 0 Å². The normalized spacial score (nSPS) is 13.7. The Bertz CT molecular complexity index is 418. The third kappa shape index (κ3) is 3.55. The number of halogens is 1. The molecule has 0 fully saturated rings. The van der Waals surface area contributed by atoms with Gasteiger partial charge in [-0.05, 0) is 31.0 Å². The Morgan fingerprint density at radius 2 is 1.89 bits per heavy atom. The van der Waals surface area contributed by atoms with Gasteiger partial charge in [-0.3, -0.25) is 4.79 Å². The minimum absolute atomic E-state index is 0.106. The number of hydrogen-bond acceptors (Lipinski definition) is 4. The monoisotopic (exact) mass is 270 g/mol. The zero-order valence-electron chi connectivity index (χ0n) is 10.3. The number of benzene rings is 1. The van der Waals surface area contributed by atoms with Crippen LogP contribution in [0.15, 0.2) is 30.3 Å². The van der Waals surface area contributed by atoms with Gasteiger partial charge in [0.2, 0.25) is 5.60 Å². The predicted octanol–water partition coefficient (Wildman–Crippen LogP) is 2.29. The molecule has 0 heterocycles. The predicted molar refractivity (Wildman–Crippen MR) is 67.1 cm³/mol. The molecule has 0 saturated heterocycles. The van der Waals surface area contributed by atoms with E-state index in [1.54, 1.807) is 6.92 Å². The summed E-state index contributed by atoms with van der Waals surface area (Å²) in [5.74, 6) is -0.777. The fraction of sp³-hybridized carbons (Fsp3) is 0.385. The van der Waals surface area contributed by atoms with Gasteiger partial charge in [0.05, 0.1) is 13.2 Å². The summed E-state index contributed by atoms with van der Waals surface area (Å²) < 4.78 is 10.1. The van der Waals surface area contributed by atoms with Crippen LogP contribution in [0, 0.1) is 0 Å². The Hall–Kier alpha value is -1.39. The Morgan fingerprint density at radius 3 is 2.39 bits per heavy atom. The van der Waals surface area contributed by atoms with Crippen LogP contribution in [0.1, 0.15) is 19.4 Å². The van der Waals surface area contributed by atoms with Crippen molar-refractivity contribution in [1.29, 1.82) is 0 Å². The number of rotatable bonds is 6. The first-order valence-corrected chi connectivity index (χ1v) is 5.93. The number of carbonyl (C=O) groups is 2. The second-order valence-electron chi connectivity index (χ2n) is 3.80. The van der Waals surface area contributed by atoms with E-state index in [-0.39, 0.29) is 13.2 Å². The first-order valence-electron chi connectivity index (χ1n) is 5.55. The summed E-state index contributed by atoms with van der Waals surface area (Å²) in [7, 11) is 0. The zero-order valence-corrected chi connectivity index (χ0v) is 11.1. The van der Waals surface area contributed by atoms with Crippen molar-refractivity contribution in [3.05, 3.63) is 35.9 Å². The molecule has 0 amide bonds. The summed E-state index contributed by atoms with van der Waals surface area (Å²) >= 11 is 5.42. The molecule has 1 rings (SSSR count). The summed E-state index contributed by atoms with van der Waals surface area (Å²) in [6.07, 6.45) is 0. The maximum Gasteiger partial charge on any atom is 0.347 e. The standard InChI is InChI=1S/C13H15ClO4/c1-3-17-12(16)13(2,11(14)15)18-9-10-7-5-4-6-8-10/h4-8H,3,9H2,1-2H3/t13-/m1/s1. The van der Waals surface area contributed by atoms with Gasteiger partial charge in [0, 0.05) is 0 Å². The number of carbonyl (C=O) groups excluding carboxylic acids is 2. The third-order valence-corrected chi connectivity index (χ3v) is 2.77.